The van der Waals surface area contributed by atoms with E-state index in [0.717, 1.165) is 29.8 Å². The second-order valence-electron chi connectivity index (χ2n) is 8.08. The molecule has 4 fully saturated rings. The maximum atomic E-state index is 4.42. The van der Waals surface area contributed by atoms with Crippen LogP contribution in [-0.4, -0.2) is 10.5 Å². The highest BCUT2D eigenvalue weighted by molar-refractivity contribution is 5.78. The van der Waals surface area contributed by atoms with E-state index in [-0.39, 0.29) is 0 Å². The van der Waals surface area contributed by atoms with Gasteiger partial charge in [-0.2, -0.15) is 0 Å². The molecular weight excluding hydrogens is 268 g/mol. The van der Waals surface area contributed by atoms with Crippen LogP contribution in [0.25, 0.3) is 10.9 Å². The van der Waals surface area contributed by atoms with E-state index < -0.39 is 0 Å². The second-order valence-corrected chi connectivity index (χ2v) is 8.08. The average molecular weight is 292 g/mol. The van der Waals surface area contributed by atoms with E-state index in [1.165, 1.54) is 49.5 Å². The lowest BCUT2D eigenvalue weighted by molar-refractivity contribution is -0.0205. The van der Waals surface area contributed by atoms with Crippen LogP contribution < -0.4 is 5.32 Å². The number of nitrogens with one attached hydrogen (secondary N) is 1. The van der Waals surface area contributed by atoms with Crippen molar-refractivity contribution in [3.05, 3.63) is 42.1 Å². The molecule has 0 unspecified atom stereocenters. The monoisotopic (exact) mass is 292 g/mol. The van der Waals surface area contributed by atoms with Gasteiger partial charge in [-0.1, -0.05) is 12.1 Å². The molecule has 2 nitrogen and oxygen atoms in total. The molecule has 6 rings (SSSR count). The number of rotatable bonds is 3. The molecule has 1 N–H and O–H groups in total. The maximum absolute atomic E-state index is 4.42. The molecular formula is C20H24N2. The summed E-state index contributed by atoms with van der Waals surface area (Å²) in [5, 5.41) is 5.24. The van der Waals surface area contributed by atoms with E-state index in [1.807, 2.05) is 12.3 Å². The zero-order valence-electron chi connectivity index (χ0n) is 13.1. The van der Waals surface area contributed by atoms with E-state index in [4.69, 9.17) is 0 Å². The molecule has 1 aromatic carbocycles. The smallest absolute Gasteiger partial charge is 0.0702 e. The molecule has 4 aliphatic rings. The summed E-state index contributed by atoms with van der Waals surface area (Å²) in [6, 6.07) is 10.9. The van der Waals surface area contributed by atoms with Gasteiger partial charge < -0.3 is 5.32 Å². The number of benzene rings is 1. The minimum atomic E-state index is 0.457. The quantitative estimate of drug-likeness (QED) is 0.912. The van der Waals surface area contributed by atoms with Gasteiger partial charge >= 0.3 is 0 Å². The molecule has 2 aromatic rings. The highest BCUT2D eigenvalue weighted by Crippen LogP contribution is 2.55. The second kappa shape index (κ2) is 4.79. The maximum Gasteiger partial charge on any atom is 0.0702 e. The summed E-state index contributed by atoms with van der Waals surface area (Å²) in [7, 11) is 0. The lowest BCUT2D eigenvalue weighted by Crippen LogP contribution is -2.58. The normalized spacial score (nSPS) is 36.1. The van der Waals surface area contributed by atoms with Crippen LogP contribution in [0.4, 0.5) is 0 Å². The Kier molecular flexibility index (Phi) is 2.85. The van der Waals surface area contributed by atoms with Crippen LogP contribution in [0, 0.1) is 17.8 Å². The Balaban J connectivity index is 1.35. The lowest BCUT2D eigenvalue weighted by Gasteiger charge is -2.57. The third-order valence-electron chi connectivity index (χ3n) is 6.37. The molecule has 0 atom stereocenters. The highest BCUT2D eigenvalue weighted by atomic mass is 15.0. The van der Waals surface area contributed by atoms with Gasteiger partial charge in [-0.3, -0.25) is 4.98 Å². The van der Waals surface area contributed by atoms with Crippen molar-refractivity contribution in [2.75, 3.05) is 0 Å². The van der Waals surface area contributed by atoms with Crippen LogP contribution in [0.5, 0.6) is 0 Å². The van der Waals surface area contributed by atoms with Gasteiger partial charge in [-0.05, 0) is 80.0 Å². The number of hydrogen-bond acceptors (Lipinski definition) is 2. The van der Waals surface area contributed by atoms with Gasteiger partial charge in [0.1, 0.15) is 0 Å². The number of pyridine rings is 1. The van der Waals surface area contributed by atoms with Gasteiger partial charge in [-0.25, -0.2) is 0 Å². The fourth-order valence-corrected chi connectivity index (χ4v) is 5.85. The van der Waals surface area contributed by atoms with Gasteiger partial charge in [0, 0.05) is 23.7 Å². The number of aromatic nitrogens is 1. The van der Waals surface area contributed by atoms with Gasteiger partial charge in [0.05, 0.1) is 5.52 Å². The van der Waals surface area contributed by atoms with Gasteiger partial charge in [0.25, 0.3) is 0 Å². The van der Waals surface area contributed by atoms with E-state index >= 15 is 0 Å². The van der Waals surface area contributed by atoms with E-state index in [9.17, 15) is 0 Å². The zero-order chi connectivity index (χ0) is 14.6. The first kappa shape index (κ1) is 13.1. The molecule has 0 spiro atoms. The van der Waals surface area contributed by atoms with Crippen molar-refractivity contribution in [3.8, 4) is 0 Å². The van der Waals surface area contributed by atoms with Crippen molar-refractivity contribution in [2.45, 2.75) is 50.6 Å². The molecule has 0 aliphatic heterocycles. The number of nitrogens with zero attached hydrogens (tertiary/aromatic N) is 1. The Hall–Kier alpha value is -1.41. The zero-order valence-corrected chi connectivity index (χ0v) is 13.1. The van der Waals surface area contributed by atoms with Crippen molar-refractivity contribution >= 4 is 10.9 Å². The van der Waals surface area contributed by atoms with E-state index in [0.29, 0.717) is 5.54 Å². The Bertz CT molecular complexity index is 670. The Morgan fingerprint density at radius 1 is 1.00 bits per heavy atom. The fraction of sp³-hybridized carbons (Fsp3) is 0.550. The topological polar surface area (TPSA) is 24.9 Å². The first-order chi connectivity index (χ1) is 10.8. The van der Waals surface area contributed by atoms with Crippen molar-refractivity contribution in [1.29, 1.82) is 0 Å². The summed E-state index contributed by atoms with van der Waals surface area (Å²) in [6.07, 6.45) is 10.7. The Morgan fingerprint density at radius 3 is 2.45 bits per heavy atom. The van der Waals surface area contributed by atoms with Crippen LogP contribution in [0.15, 0.2) is 36.5 Å². The van der Waals surface area contributed by atoms with Gasteiger partial charge in [0.2, 0.25) is 0 Å². The predicted molar refractivity (Wildman–Crippen MR) is 89.5 cm³/mol. The standard InChI is InChI=1S/C20H24N2/c1-2-18-9-14(3-4-19(18)21-5-1)13-22-20-10-15-6-16(11-20)8-17(7-15)12-20/h1-5,9,15-17,22H,6-8,10-13H2. The largest absolute Gasteiger partial charge is 0.307 e. The third kappa shape index (κ3) is 2.16. The average Bonchev–Trinajstić information content (AvgIpc) is 2.52. The fourth-order valence-electron chi connectivity index (χ4n) is 5.85. The molecule has 0 amide bonds. The van der Waals surface area contributed by atoms with Crippen LogP contribution in [0.2, 0.25) is 0 Å². The van der Waals surface area contributed by atoms with Crippen molar-refractivity contribution in [1.82, 2.24) is 10.3 Å². The first-order valence-corrected chi connectivity index (χ1v) is 8.87. The minimum Gasteiger partial charge on any atom is -0.307 e. The van der Waals surface area contributed by atoms with Crippen molar-refractivity contribution in [3.63, 3.8) is 0 Å². The molecule has 22 heavy (non-hydrogen) atoms. The molecule has 2 heteroatoms. The minimum absolute atomic E-state index is 0.457. The predicted octanol–water partition coefficient (Wildman–Crippen LogP) is 4.29. The van der Waals surface area contributed by atoms with Crippen LogP contribution in [-0.2, 0) is 6.54 Å². The summed E-state index contributed by atoms with van der Waals surface area (Å²) in [4.78, 5) is 4.42. The Labute approximate surface area is 132 Å². The van der Waals surface area contributed by atoms with E-state index in [1.54, 1.807) is 0 Å². The number of fused-ring (bicyclic) bond motifs is 1. The molecule has 114 valence electrons. The molecule has 1 heterocycles. The van der Waals surface area contributed by atoms with Crippen LogP contribution in [0.1, 0.15) is 44.1 Å². The molecule has 4 saturated carbocycles. The molecule has 0 radical (unpaired) electrons. The highest BCUT2D eigenvalue weighted by Gasteiger charge is 2.50. The molecule has 4 aliphatic carbocycles. The summed E-state index contributed by atoms with van der Waals surface area (Å²) >= 11 is 0. The summed E-state index contributed by atoms with van der Waals surface area (Å²) in [6.45, 7) is 1.01. The molecule has 0 saturated heterocycles. The summed E-state index contributed by atoms with van der Waals surface area (Å²) in [5.74, 6) is 3.04. The lowest BCUT2D eigenvalue weighted by atomic mass is 9.53. The van der Waals surface area contributed by atoms with Crippen LogP contribution in [0.3, 0.4) is 0 Å². The number of hydrogen-bond donors (Lipinski definition) is 1. The van der Waals surface area contributed by atoms with E-state index in [2.05, 4.69) is 34.6 Å². The van der Waals surface area contributed by atoms with Gasteiger partial charge in [0.15, 0.2) is 0 Å². The first-order valence-electron chi connectivity index (χ1n) is 8.87. The van der Waals surface area contributed by atoms with Crippen molar-refractivity contribution in [2.24, 2.45) is 17.8 Å². The SMILES string of the molecule is c1cnc2ccc(CNC34CC5CC(CC(C5)C3)C4)cc2c1. The Morgan fingerprint density at radius 2 is 1.73 bits per heavy atom. The van der Waals surface area contributed by atoms with Crippen molar-refractivity contribution < 1.29 is 0 Å². The summed E-state index contributed by atoms with van der Waals surface area (Å²) in [5.41, 5.74) is 2.95. The van der Waals surface area contributed by atoms with Crippen LogP contribution >= 0.6 is 0 Å². The molecule has 1 aromatic heterocycles. The molecule has 4 bridgehead atoms. The van der Waals surface area contributed by atoms with Gasteiger partial charge in [-0.15, -0.1) is 0 Å². The third-order valence-corrected chi connectivity index (χ3v) is 6.37. The summed E-state index contributed by atoms with van der Waals surface area (Å²) < 4.78 is 0.